The van der Waals surface area contributed by atoms with Gasteiger partial charge in [0, 0.05) is 45.7 Å². The van der Waals surface area contributed by atoms with Crippen molar-refractivity contribution in [3.05, 3.63) is 62.6 Å². The van der Waals surface area contributed by atoms with E-state index in [1.807, 2.05) is 23.1 Å². The molecule has 5 rings (SSSR count). The molecule has 2 aromatic heterocycles. The lowest BCUT2D eigenvalue weighted by Crippen LogP contribution is -2.58. The summed E-state index contributed by atoms with van der Waals surface area (Å²) in [5.41, 5.74) is 5.08. The maximum Gasteiger partial charge on any atom is 0.332 e. The van der Waals surface area contributed by atoms with Crippen molar-refractivity contribution < 1.29 is 14.6 Å². The van der Waals surface area contributed by atoms with Gasteiger partial charge in [-0.05, 0) is 37.5 Å². The third-order valence-corrected chi connectivity index (χ3v) is 7.83. The first kappa shape index (κ1) is 27.1. The van der Waals surface area contributed by atoms with Gasteiger partial charge < -0.3 is 25.0 Å². The molecular weight excluding hydrogens is 500 g/mol. The zero-order valence-corrected chi connectivity index (χ0v) is 22.0. The predicted molar refractivity (Wildman–Crippen MR) is 140 cm³/mol. The highest BCUT2D eigenvalue weighted by molar-refractivity contribution is 5.94. The van der Waals surface area contributed by atoms with Gasteiger partial charge in [0.05, 0.1) is 30.2 Å². The van der Waals surface area contributed by atoms with Crippen LogP contribution in [-0.2, 0) is 25.4 Å². The van der Waals surface area contributed by atoms with Gasteiger partial charge in [-0.15, -0.1) is 12.4 Å². The largest absolute Gasteiger partial charge is 0.388 e. The summed E-state index contributed by atoms with van der Waals surface area (Å²) in [4.78, 5) is 44.3. The number of nitrogens with two attached hydrogens (primary N) is 1. The second kappa shape index (κ2) is 9.71. The molecule has 4 heterocycles. The standard InChI is InChI=1S/C25H32N6O5.ClH/c1-24(35)14-25(7-9-30(10-8-25)21(32)17-6-4-5-16(11-17)12-26)36-13-18(24)31-15-27-20-19(31)22(33)29(3)23(34)28(20)2;/h4-6,11,15,18,35H,7-10,12-14,26H2,1-3H3;1H/t18-,24-;/m1./s1. The SMILES string of the molecule is Cl.Cn1c(=O)c2c(ncn2[C@@H]2COC3(CCN(C(=O)c4cccc(CN)c4)CC3)C[C@@]2(C)O)n(C)c1=O. The van der Waals surface area contributed by atoms with Crippen LogP contribution in [0.15, 0.2) is 40.2 Å². The normalized spacial score (nSPS) is 23.3. The molecule has 200 valence electrons. The van der Waals surface area contributed by atoms with E-state index < -0.39 is 28.5 Å². The third-order valence-electron chi connectivity index (χ3n) is 7.83. The Morgan fingerprint density at radius 2 is 1.92 bits per heavy atom. The summed E-state index contributed by atoms with van der Waals surface area (Å²) in [6.07, 6.45) is 3.03. The summed E-state index contributed by atoms with van der Waals surface area (Å²) >= 11 is 0. The fourth-order valence-corrected chi connectivity index (χ4v) is 5.69. The molecule has 3 N–H and O–H groups in total. The van der Waals surface area contributed by atoms with Gasteiger partial charge in [-0.1, -0.05) is 12.1 Å². The molecule has 0 saturated carbocycles. The van der Waals surface area contributed by atoms with Gasteiger partial charge in [0.1, 0.15) is 0 Å². The number of benzene rings is 1. The molecule has 37 heavy (non-hydrogen) atoms. The van der Waals surface area contributed by atoms with E-state index in [9.17, 15) is 19.5 Å². The lowest BCUT2D eigenvalue weighted by atomic mass is 9.75. The average molecular weight is 533 g/mol. The van der Waals surface area contributed by atoms with Crippen molar-refractivity contribution in [1.29, 1.82) is 0 Å². The van der Waals surface area contributed by atoms with Crippen LogP contribution in [0.4, 0.5) is 0 Å². The van der Waals surface area contributed by atoms with E-state index in [1.54, 1.807) is 24.6 Å². The third kappa shape index (κ3) is 4.50. The summed E-state index contributed by atoms with van der Waals surface area (Å²) in [7, 11) is 2.99. The number of hydrogen-bond acceptors (Lipinski definition) is 7. The Kier molecular flexibility index (Phi) is 7.10. The number of aliphatic hydroxyl groups is 1. The molecule has 0 radical (unpaired) electrons. The number of likely N-dealkylation sites (tertiary alicyclic amines) is 1. The Morgan fingerprint density at radius 1 is 1.22 bits per heavy atom. The van der Waals surface area contributed by atoms with Crippen LogP contribution in [0, 0.1) is 0 Å². The van der Waals surface area contributed by atoms with Crippen molar-refractivity contribution in [2.24, 2.45) is 19.8 Å². The Labute approximate surface area is 219 Å². The molecule has 2 aliphatic heterocycles. The summed E-state index contributed by atoms with van der Waals surface area (Å²) in [5.74, 6) is -0.0352. The highest BCUT2D eigenvalue weighted by Crippen LogP contribution is 2.44. The Morgan fingerprint density at radius 3 is 2.57 bits per heavy atom. The number of carbonyl (C=O) groups is 1. The second-order valence-electron chi connectivity index (χ2n) is 10.3. The molecule has 2 saturated heterocycles. The molecule has 0 bridgehead atoms. The number of ether oxygens (including phenoxy) is 1. The van der Waals surface area contributed by atoms with E-state index in [4.69, 9.17) is 10.5 Å². The van der Waals surface area contributed by atoms with Gasteiger partial charge in [0.2, 0.25) is 0 Å². The number of amides is 1. The van der Waals surface area contributed by atoms with Crippen LogP contribution >= 0.6 is 12.4 Å². The van der Waals surface area contributed by atoms with Gasteiger partial charge >= 0.3 is 5.69 Å². The molecule has 0 unspecified atom stereocenters. The molecule has 3 aromatic rings. The molecule has 11 nitrogen and oxygen atoms in total. The maximum absolute atomic E-state index is 13.0. The first-order chi connectivity index (χ1) is 17.1. The number of carbonyl (C=O) groups excluding carboxylic acids is 1. The van der Waals surface area contributed by atoms with E-state index >= 15 is 0 Å². The maximum atomic E-state index is 13.0. The average Bonchev–Trinajstić information content (AvgIpc) is 3.30. The summed E-state index contributed by atoms with van der Waals surface area (Å²) in [6.45, 7) is 3.34. The highest BCUT2D eigenvalue weighted by atomic mass is 35.5. The number of hydrogen-bond donors (Lipinski definition) is 2. The molecular formula is C25H33ClN6O5. The van der Waals surface area contributed by atoms with E-state index in [0.29, 0.717) is 44.5 Å². The lowest BCUT2D eigenvalue weighted by molar-refractivity contribution is -0.194. The first-order valence-corrected chi connectivity index (χ1v) is 12.1. The van der Waals surface area contributed by atoms with Crippen LogP contribution in [-0.4, -0.2) is 65.5 Å². The topological polar surface area (TPSA) is 138 Å². The van der Waals surface area contributed by atoms with Crippen molar-refractivity contribution in [1.82, 2.24) is 23.6 Å². The van der Waals surface area contributed by atoms with Gasteiger partial charge in [-0.2, -0.15) is 0 Å². The molecule has 12 heteroatoms. The predicted octanol–water partition coefficient (Wildman–Crippen LogP) is 0.702. The van der Waals surface area contributed by atoms with Crippen molar-refractivity contribution in [3.8, 4) is 0 Å². The van der Waals surface area contributed by atoms with Gasteiger partial charge in [-0.25, -0.2) is 9.78 Å². The quantitative estimate of drug-likeness (QED) is 0.506. The van der Waals surface area contributed by atoms with Crippen molar-refractivity contribution in [2.75, 3.05) is 19.7 Å². The zero-order valence-electron chi connectivity index (χ0n) is 21.2. The molecule has 1 aromatic carbocycles. The van der Waals surface area contributed by atoms with Gasteiger partial charge in [0.15, 0.2) is 11.2 Å². The minimum Gasteiger partial charge on any atom is -0.388 e. The smallest absolute Gasteiger partial charge is 0.332 e. The highest BCUT2D eigenvalue weighted by Gasteiger charge is 2.50. The number of piperidine rings is 1. The summed E-state index contributed by atoms with van der Waals surface area (Å²) in [5, 5.41) is 11.6. The van der Waals surface area contributed by atoms with E-state index in [0.717, 1.165) is 10.1 Å². The van der Waals surface area contributed by atoms with E-state index in [1.165, 1.54) is 17.9 Å². The summed E-state index contributed by atoms with van der Waals surface area (Å²) in [6, 6.07) is 6.81. The Balaban J connectivity index is 0.00000320. The number of aromatic nitrogens is 4. The van der Waals surface area contributed by atoms with Gasteiger partial charge in [-0.3, -0.25) is 18.7 Å². The van der Waals surface area contributed by atoms with Crippen LogP contribution in [0.2, 0.25) is 0 Å². The van der Waals surface area contributed by atoms with E-state index in [-0.39, 0.29) is 36.1 Å². The number of fused-ring (bicyclic) bond motifs is 1. The van der Waals surface area contributed by atoms with E-state index in [2.05, 4.69) is 4.98 Å². The number of rotatable bonds is 3. The zero-order chi connectivity index (χ0) is 25.8. The van der Waals surface area contributed by atoms with Crippen LogP contribution in [0.3, 0.4) is 0 Å². The molecule has 2 fully saturated rings. The van der Waals surface area contributed by atoms with Gasteiger partial charge in [0.25, 0.3) is 11.5 Å². The minimum atomic E-state index is -1.20. The van der Waals surface area contributed by atoms with Crippen molar-refractivity contribution in [2.45, 2.75) is 50.0 Å². The van der Waals surface area contributed by atoms with Crippen molar-refractivity contribution >= 4 is 29.5 Å². The molecule has 2 atom stereocenters. The van der Waals surface area contributed by atoms with Crippen molar-refractivity contribution in [3.63, 3.8) is 0 Å². The second-order valence-corrected chi connectivity index (χ2v) is 10.3. The fourth-order valence-electron chi connectivity index (χ4n) is 5.69. The van der Waals surface area contributed by atoms with Crippen LogP contribution in [0.1, 0.15) is 48.1 Å². The lowest BCUT2D eigenvalue weighted by Gasteiger charge is -2.51. The Bertz CT molecular complexity index is 1450. The summed E-state index contributed by atoms with van der Waals surface area (Å²) < 4.78 is 10.4. The first-order valence-electron chi connectivity index (χ1n) is 12.1. The van der Waals surface area contributed by atoms with Crippen LogP contribution in [0.5, 0.6) is 0 Å². The minimum absolute atomic E-state index is 0. The molecule has 0 aliphatic carbocycles. The molecule has 1 amide bonds. The number of imidazole rings is 1. The fraction of sp³-hybridized carbons (Fsp3) is 0.520. The number of halogens is 1. The van der Waals surface area contributed by atoms with Crippen LogP contribution in [0.25, 0.3) is 11.2 Å². The van der Waals surface area contributed by atoms with Crippen LogP contribution < -0.4 is 17.0 Å². The Hall–Kier alpha value is -2.99. The number of aryl methyl sites for hydroxylation is 1. The molecule has 2 aliphatic rings. The number of nitrogens with zero attached hydrogens (tertiary/aromatic N) is 5. The monoisotopic (exact) mass is 532 g/mol. The molecule has 1 spiro atoms.